The molecule has 1 fully saturated rings. The summed E-state index contributed by atoms with van der Waals surface area (Å²) in [5, 5.41) is 15.7. The number of carbonyl (C=O) groups is 1. The average Bonchev–Trinajstić information content (AvgIpc) is 2.44. The number of amides is 2. The molecule has 4 nitrogen and oxygen atoms in total. The van der Waals surface area contributed by atoms with Crippen LogP contribution in [0.15, 0.2) is 24.3 Å². The van der Waals surface area contributed by atoms with Crippen molar-refractivity contribution in [2.75, 3.05) is 6.54 Å². The normalized spacial score (nSPS) is 17.7. The van der Waals surface area contributed by atoms with Gasteiger partial charge >= 0.3 is 6.03 Å². The van der Waals surface area contributed by atoms with Crippen molar-refractivity contribution >= 4 is 6.03 Å². The summed E-state index contributed by atoms with van der Waals surface area (Å²) in [7, 11) is 0. The largest absolute Gasteiger partial charge is 0.388 e. The lowest BCUT2D eigenvalue weighted by molar-refractivity contribution is -0.0290. The molecule has 1 unspecified atom stereocenters. The molecule has 22 heavy (non-hydrogen) atoms. The minimum atomic E-state index is -0.721. The van der Waals surface area contributed by atoms with Gasteiger partial charge < -0.3 is 15.7 Å². The molecule has 1 saturated carbocycles. The first-order valence-corrected chi connectivity index (χ1v) is 7.89. The van der Waals surface area contributed by atoms with Gasteiger partial charge in [-0.25, -0.2) is 9.18 Å². The molecule has 0 aliphatic heterocycles. The van der Waals surface area contributed by atoms with Crippen LogP contribution in [0.2, 0.25) is 0 Å². The molecule has 1 atom stereocenters. The fourth-order valence-electron chi connectivity index (χ4n) is 2.55. The molecule has 0 saturated heterocycles. The quantitative estimate of drug-likeness (QED) is 0.756. The summed E-state index contributed by atoms with van der Waals surface area (Å²) in [4.78, 5) is 12.0. The van der Waals surface area contributed by atoms with Crippen LogP contribution in [-0.4, -0.2) is 29.3 Å². The molecule has 0 aromatic heterocycles. The van der Waals surface area contributed by atoms with Gasteiger partial charge in [0, 0.05) is 12.6 Å². The number of aliphatic hydroxyl groups is 1. The minimum Gasteiger partial charge on any atom is -0.388 e. The molecular weight excluding hydrogens is 283 g/mol. The molecule has 3 N–H and O–H groups in total. The van der Waals surface area contributed by atoms with Crippen molar-refractivity contribution in [1.82, 2.24) is 10.6 Å². The average molecular weight is 308 g/mol. The highest BCUT2D eigenvalue weighted by Crippen LogP contribution is 2.30. The van der Waals surface area contributed by atoms with Gasteiger partial charge in [0.05, 0.1) is 5.60 Å². The fourth-order valence-corrected chi connectivity index (χ4v) is 2.55. The number of benzene rings is 1. The molecule has 2 amide bonds. The summed E-state index contributed by atoms with van der Waals surface area (Å²) in [5.74, 6) is -0.00751. The van der Waals surface area contributed by atoms with Gasteiger partial charge in [-0.15, -0.1) is 0 Å². The first kappa shape index (κ1) is 16.7. The Hall–Kier alpha value is -1.62. The summed E-state index contributed by atoms with van der Waals surface area (Å²) < 4.78 is 12.9. The van der Waals surface area contributed by atoms with Crippen molar-refractivity contribution in [3.8, 4) is 0 Å². The third kappa shape index (κ3) is 4.70. The van der Waals surface area contributed by atoms with Crippen LogP contribution >= 0.6 is 0 Å². The van der Waals surface area contributed by atoms with E-state index in [1.54, 1.807) is 12.1 Å². The predicted octanol–water partition coefficient (Wildman–Crippen LogP) is 2.61. The van der Waals surface area contributed by atoms with Crippen LogP contribution in [0.1, 0.15) is 38.7 Å². The second kappa shape index (κ2) is 7.09. The number of nitrogens with one attached hydrogen (secondary N) is 2. The van der Waals surface area contributed by atoms with Crippen molar-refractivity contribution in [3.05, 3.63) is 35.6 Å². The van der Waals surface area contributed by atoms with Crippen molar-refractivity contribution < 1.29 is 14.3 Å². The SMILES string of the molecule is CC(C)C(Cc1ccc(F)cc1)NC(=O)NCC1(O)CCC1. The number of hydrogen-bond acceptors (Lipinski definition) is 2. The van der Waals surface area contributed by atoms with Crippen molar-refractivity contribution in [2.45, 2.75) is 51.2 Å². The van der Waals surface area contributed by atoms with E-state index in [4.69, 9.17) is 0 Å². The van der Waals surface area contributed by atoms with E-state index in [0.717, 1.165) is 24.8 Å². The topological polar surface area (TPSA) is 61.4 Å². The lowest BCUT2D eigenvalue weighted by Gasteiger charge is -2.36. The Morgan fingerprint density at radius 1 is 1.32 bits per heavy atom. The number of halogens is 1. The minimum absolute atomic E-state index is 0.0403. The van der Waals surface area contributed by atoms with E-state index >= 15 is 0 Å². The van der Waals surface area contributed by atoms with E-state index in [9.17, 15) is 14.3 Å². The third-order valence-electron chi connectivity index (χ3n) is 4.35. The number of urea groups is 1. The maximum atomic E-state index is 12.9. The van der Waals surface area contributed by atoms with Gasteiger partial charge in [-0.05, 0) is 49.3 Å². The van der Waals surface area contributed by atoms with Crippen LogP contribution in [0.5, 0.6) is 0 Å². The molecule has 0 radical (unpaired) electrons. The van der Waals surface area contributed by atoms with Crippen LogP contribution in [0, 0.1) is 11.7 Å². The van der Waals surface area contributed by atoms with E-state index in [0.29, 0.717) is 13.0 Å². The van der Waals surface area contributed by atoms with E-state index in [1.807, 2.05) is 13.8 Å². The number of rotatable bonds is 6. The van der Waals surface area contributed by atoms with E-state index in [1.165, 1.54) is 12.1 Å². The van der Waals surface area contributed by atoms with Crippen LogP contribution in [0.25, 0.3) is 0 Å². The summed E-state index contributed by atoms with van der Waals surface area (Å²) >= 11 is 0. The number of carbonyl (C=O) groups excluding carboxylic acids is 1. The summed E-state index contributed by atoms with van der Waals surface area (Å²) in [6.07, 6.45) is 3.15. The Bertz CT molecular complexity index is 498. The lowest BCUT2D eigenvalue weighted by Crippen LogP contribution is -2.52. The van der Waals surface area contributed by atoms with Crippen molar-refractivity contribution in [1.29, 1.82) is 0 Å². The zero-order valence-electron chi connectivity index (χ0n) is 13.2. The van der Waals surface area contributed by atoms with Crippen LogP contribution < -0.4 is 10.6 Å². The lowest BCUT2D eigenvalue weighted by atomic mass is 9.80. The number of hydrogen-bond donors (Lipinski definition) is 3. The maximum absolute atomic E-state index is 12.9. The molecule has 1 aliphatic rings. The Balaban J connectivity index is 1.85. The van der Waals surface area contributed by atoms with E-state index < -0.39 is 5.60 Å². The Morgan fingerprint density at radius 3 is 2.45 bits per heavy atom. The van der Waals surface area contributed by atoms with Gasteiger partial charge in [-0.3, -0.25) is 0 Å². The molecule has 0 heterocycles. The first-order valence-electron chi connectivity index (χ1n) is 7.89. The summed E-state index contributed by atoms with van der Waals surface area (Å²) in [6, 6.07) is 6.03. The van der Waals surface area contributed by atoms with Crippen LogP contribution in [0.4, 0.5) is 9.18 Å². The van der Waals surface area contributed by atoms with Crippen molar-refractivity contribution in [3.63, 3.8) is 0 Å². The molecule has 1 aromatic carbocycles. The van der Waals surface area contributed by atoms with Gasteiger partial charge in [-0.1, -0.05) is 26.0 Å². The first-order chi connectivity index (χ1) is 10.4. The third-order valence-corrected chi connectivity index (χ3v) is 4.35. The highest BCUT2D eigenvalue weighted by Gasteiger charge is 2.34. The smallest absolute Gasteiger partial charge is 0.315 e. The predicted molar refractivity (Wildman–Crippen MR) is 84.1 cm³/mol. The zero-order valence-corrected chi connectivity index (χ0v) is 13.2. The van der Waals surface area contributed by atoms with Gasteiger partial charge in [0.15, 0.2) is 0 Å². The Kier molecular flexibility index (Phi) is 5.40. The summed E-state index contributed by atoms with van der Waals surface area (Å²) in [5.41, 5.74) is 0.264. The molecule has 5 heteroatoms. The van der Waals surface area contributed by atoms with Crippen LogP contribution in [0.3, 0.4) is 0 Å². The van der Waals surface area contributed by atoms with Crippen LogP contribution in [-0.2, 0) is 6.42 Å². The Morgan fingerprint density at radius 2 is 1.95 bits per heavy atom. The molecule has 0 spiro atoms. The van der Waals surface area contributed by atoms with Gasteiger partial charge in [0.1, 0.15) is 5.82 Å². The maximum Gasteiger partial charge on any atom is 0.315 e. The summed E-state index contributed by atoms with van der Waals surface area (Å²) in [6.45, 7) is 4.36. The van der Waals surface area contributed by atoms with Crippen molar-refractivity contribution in [2.24, 2.45) is 5.92 Å². The molecule has 1 aromatic rings. The highest BCUT2D eigenvalue weighted by atomic mass is 19.1. The second-order valence-electron chi connectivity index (χ2n) is 6.59. The standard InChI is InChI=1S/C17H25FN2O2/c1-12(2)15(10-13-4-6-14(18)7-5-13)20-16(21)19-11-17(22)8-3-9-17/h4-7,12,15,22H,3,8-11H2,1-2H3,(H2,19,20,21). The monoisotopic (exact) mass is 308 g/mol. The molecule has 1 aliphatic carbocycles. The van der Waals surface area contributed by atoms with E-state index in [2.05, 4.69) is 10.6 Å². The van der Waals surface area contributed by atoms with E-state index in [-0.39, 0.29) is 23.8 Å². The molecule has 0 bridgehead atoms. The van der Waals surface area contributed by atoms with Gasteiger partial charge in [0.25, 0.3) is 0 Å². The van der Waals surface area contributed by atoms with Gasteiger partial charge in [0.2, 0.25) is 0 Å². The zero-order chi connectivity index (χ0) is 16.2. The second-order valence-corrected chi connectivity index (χ2v) is 6.59. The van der Waals surface area contributed by atoms with Gasteiger partial charge in [-0.2, -0.15) is 0 Å². The highest BCUT2D eigenvalue weighted by molar-refractivity contribution is 5.74. The molecule has 2 rings (SSSR count). The molecular formula is C17H25FN2O2. The fraction of sp³-hybridized carbons (Fsp3) is 0.588. The molecule has 122 valence electrons. The Labute approximate surface area is 131 Å².